The van der Waals surface area contributed by atoms with Gasteiger partial charge in [0.15, 0.2) is 0 Å². The molecule has 0 fully saturated rings. The fraction of sp³-hybridized carbons (Fsp3) is 0.238. The summed E-state index contributed by atoms with van der Waals surface area (Å²) in [5, 5.41) is 5.40. The average Bonchev–Trinajstić information content (AvgIpc) is 3.14. The van der Waals surface area contributed by atoms with Crippen molar-refractivity contribution in [1.29, 1.82) is 0 Å². The van der Waals surface area contributed by atoms with Crippen LogP contribution in [0.5, 0.6) is 5.75 Å². The average molecular weight is 383 g/mol. The molecule has 6 nitrogen and oxygen atoms in total. The van der Waals surface area contributed by atoms with E-state index in [1.165, 1.54) is 23.8 Å². The van der Waals surface area contributed by atoms with Crippen molar-refractivity contribution in [3.63, 3.8) is 0 Å². The third-order valence-corrected chi connectivity index (χ3v) is 4.01. The van der Waals surface area contributed by atoms with Gasteiger partial charge in [-0.1, -0.05) is 17.7 Å². The Morgan fingerprint density at radius 1 is 1.21 bits per heavy atom. The molecule has 2 aromatic carbocycles. The highest BCUT2D eigenvalue weighted by Gasteiger charge is 2.10. The van der Waals surface area contributed by atoms with Gasteiger partial charge < -0.3 is 19.8 Å². The standard InChI is InChI=1S/C21H22FN3O3/c1-3-27-19-12-16(22)8-9-18(19)25-21(26)23-11-10-17-13-28-20(24-17)15-6-4-14(2)5-7-15/h4-9,12-13H,3,10-11H2,1-2H3,(H2,23,25,26). The summed E-state index contributed by atoms with van der Waals surface area (Å²) in [6.07, 6.45) is 2.10. The number of aryl methyl sites for hydroxylation is 1. The first-order valence-corrected chi connectivity index (χ1v) is 9.04. The van der Waals surface area contributed by atoms with Gasteiger partial charge in [-0.25, -0.2) is 14.2 Å². The molecule has 0 aliphatic rings. The number of carbonyl (C=O) groups is 1. The smallest absolute Gasteiger partial charge is 0.319 e. The van der Waals surface area contributed by atoms with E-state index in [2.05, 4.69) is 15.6 Å². The molecule has 1 aromatic heterocycles. The van der Waals surface area contributed by atoms with E-state index in [0.717, 1.165) is 11.3 Å². The topological polar surface area (TPSA) is 76.4 Å². The highest BCUT2D eigenvalue weighted by molar-refractivity contribution is 5.90. The van der Waals surface area contributed by atoms with Crippen molar-refractivity contribution in [2.24, 2.45) is 0 Å². The number of ether oxygens (including phenoxy) is 1. The Morgan fingerprint density at radius 3 is 2.75 bits per heavy atom. The fourth-order valence-electron chi connectivity index (χ4n) is 2.60. The third kappa shape index (κ3) is 5.09. The van der Waals surface area contributed by atoms with Gasteiger partial charge in [-0.2, -0.15) is 0 Å². The third-order valence-electron chi connectivity index (χ3n) is 4.01. The molecule has 2 amide bonds. The number of nitrogens with zero attached hydrogens (tertiary/aromatic N) is 1. The van der Waals surface area contributed by atoms with Gasteiger partial charge in [0.2, 0.25) is 5.89 Å². The van der Waals surface area contributed by atoms with Crippen LogP contribution in [0.15, 0.2) is 53.1 Å². The van der Waals surface area contributed by atoms with Crippen LogP contribution < -0.4 is 15.4 Å². The quantitative estimate of drug-likeness (QED) is 0.627. The SMILES string of the molecule is CCOc1cc(F)ccc1NC(=O)NCCc1coc(-c2ccc(C)cc2)n1. The molecule has 146 valence electrons. The molecule has 0 aliphatic heterocycles. The first-order chi connectivity index (χ1) is 13.5. The van der Waals surface area contributed by atoms with E-state index < -0.39 is 11.8 Å². The monoisotopic (exact) mass is 383 g/mol. The predicted molar refractivity (Wildman–Crippen MR) is 105 cm³/mol. The summed E-state index contributed by atoms with van der Waals surface area (Å²) < 4.78 is 24.2. The molecule has 0 spiro atoms. The van der Waals surface area contributed by atoms with Gasteiger partial charge in [0.05, 0.1) is 18.0 Å². The molecule has 0 saturated carbocycles. The number of amides is 2. The number of halogens is 1. The lowest BCUT2D eigenvalue weighted by Crippen LogP contribution is -2.30. The summed E-state index contributed by atoms with van der Waals surface area (Å²) in [5.41, 5.74) is 3.22. The van der Waals surface area contributed by atoms with Crippen LogP contribution in [0.2, 0.25) is 0 Å². The zero-order valence-electron chi connectivity index (χ0n) is 15.8. The van der Waals surface area contributed by atoms with Crippen molar-refractivity contribution in [3.8, 4) is 17.2 Å². The Morgan fingerprint density at radius 2 is 2.00 bits per heavy atom. The maximum Gasteiger partial charge on any atom is 0.319 e. The first kappa shape index (κ1) is 19.4. The number of aromatic nitrogens is 1. The minimum atomic E-state index is -0.426. The van der Waals surface area contributed by atoms with Gasteiger partial charge in [0.25, 0.3) is 0 Å². The van der Waals surface area contributed by atoms with E-state index in [9.17, 15) is 9.18 Å². The lowest BCUT2D eigenvalue weighted by molar-refractivity contribution is 0.252. The maximum atomic E-state index is 13.3. The van der Waals surface area contributed by atoms with Crippen LogP contribution in [0.4, 0.5) is 14.9 Å². The molecule has 28 heavy (non-hydrogen) atoms. The molecule has 7 heteroatoms. The summed E-state index contributed by atoms with van der Waals surface area (Å²) in [5.74, 6) is 0.411. The zero-order chi connectivity index (χ0) is 19.9. The van der Waals surface area contributed by atoms with Crippen molar-refractivity contribution in [1.82, 2.24) is 10.3 Å². The normalized spacial score (nSPS) is 10.5. The Hall–Kier alpha value is -3.35. The van der Waals surface area contributed by atoms with Gasteiger partial charge in [-0.15, -0.1) is 0 Å². The van der Waals surface area contributed by atoms with E-state index >= 15 is 0 Å². The number of hydrogen-bond acceptors (Lipinski definition) is 4. The largest absolute Gasteiger partial charge is 0.492 e. The van der Waals surface area contributed by atoms with Gasteiger partial charge in [0.1, 0.15) is 17.8 Å². The van der Waals surface area contributed by atoms with Crippen LogP contribution in [0.1, 0.15) is 18.2 Å². The second kappa shape index (κ2) is 9.03. The zero-order valence-corrected chi connectivity index (χ0v) is 15.8. The molecule has 3 aromatic rings. The van der Waals surface area contributed by atoms with Crippen molar-refractivity contribution in [2.75, 3.05) is 18.5 Å². The highest BCUT2D eigenvalue weighted by atomic mass is 19.1. The van der Waals surface area contributed by atoms with Crippen LogP contribution in [-0.4, -0.2) is 24.2 Å². The number of anilines is 1. The Labute approximate surface area is 162 Å². The summed E-state index contributed by atoms with van der Waals surface area (Å²) in [6, 6.07) is 11.5. The Kier molecular flexibility index (Phi) is 6.26. The molecule has 2 N–H and O–H groups in total. The van der Waals surface area contributed by atoms with Crippen LogP contribution in [0, 0.1) is 12.7 Å². The number of carbonyl (C=O) groups excluding carboxylic acids is 1. The van der Waals surface area contributed by atoms with Crippen molar-refractivity contribution < 1.29 is 18.3 Å². The number of oxazole rings is 1. The summed E-state index contributed by atoms with van der Waals surface area (Å²) >= 11 is 0. The minimum Gasteiger partial charge on any atom is -0.492 e. The highest BCUT2D eigenvalue weighted by Crippen LogP contribution is 2.25. The predicted octanol–water partition coefficient (Wildman–Crippen LogP) is 4.55. The molecule has 0 bridgehead atoms. The minimum absolute atomic E-state index is 0.289. The van der Waals surface area contributed by atoms with E-state index in [-0.39, 0.29) is 5.75 Å². The summed E-state index contributed by atoms with van der Waals surface area (Å²) in [6.45, 7) is 4.55. The Balaban J connectivity index is 1.51. The number of urea groups is 1. The van der Waals surface area contributed by atoms with E-state index in [1.54, 1.807) is 13.2 Å². The molecule has 0 aliphatic carbocycles. The van der Waals surface area contributed by atoms with Gasteiger partial charge in [-0.05, 0) is 38.1 Å². The lowest BCUT2D eigenvalue weighted by atomic mass is 10.1. The second-order valence-corrected chi connectivity index (χ2v) is 6.21. The lowest BCUT2D eigenvalue weighted by Gasteiger charge is -2.12. The first-order valence-electron chi connectivity index (χ1n) is 9.04. The number of rotatable bonds is 7. The van der Waals surface area contributed by atoms with Crippen molar-refractivity contribution in [2.45, 2.75) is 20.3 Å². The molecule has 0 saturated heterocycles. The molecule has 0 radical (unpaired) electrons. The second-order valence-electron chi connectivity index (χ2n) is 6.21. The number of benzene rings is 2. The fourth-order valence-corrected chi connectivity index (χ4v) is 2.60. The molecule has 1 heterocycles. The van der Waals surface area contributed by atoms with Gasteiger partial charge >= 0.3 is 6.03 Å². The van der Waals surface area contributed by atoms with E-state index in [1.807, 2.05) is 31.2 Å². The molecular weight excluding hydrogens is 361 g/mol. The van der Waals surface area contributed by atoms with Crippen LogP contribution in [0.3, 0.4) is 0 Å². The van der Waals surface area contributed by atoms with Crippen LogP contribution in [0.25, 0.3) is 11.5 Å². The maximum absolute atomic E-state index is 13.3. The van der Waals surface area contributed by atoms with E-state index in [0.29, 0.717) is 31.2 Å². The number of nitrogens with one attached hydrogen (secondary N) is 2. The van der Waals surface area contributed by atoms with Gasteiger partial charge in [-0.3, -0.25) is 0 Å². The summed E-state index contributed by atoms with van der Waals surface area (Å²) in [7, 11) is 0. The van der Waals surface area contributed by atoms with Crippen molar-refractivity contribution >= 4 is 11.7 Å². The molecule has 3 rings (SSSR count). The van der Waals surface area contributed by atoms with Crippen molar-refractivity contribution in [3.05, 3.63) is 65.8 Å². The summed E-state index contributed by atoms with van der Waals surface area (Å²) in [4.78, 5) is 16.5. The molecule has 0 unspecified atom stereocenters. The molecule has 0 atom stereocenters. The van der Waals surface area contributed by atoms with E-state index in [4.69, 9.17) is 9.15 Å². The van der Waals surface area contributed by atoms with Gasteiger partial charge in [0, 0.05) is 24.6 Å². The molecular formula is C21H22FN3O3. The van der Waals surface area contributed by atoms with Crippen LogP contribution in [-0.2, 0) is 6.42 Å². The Bertz CT molecular complexity index is 938. The number of hydrogen-bond donors (Lipinski definition) is 2. The van der Waals surface area contributed by atoms with Crippen LogP contribution >= 0.6 is 0 Å².